The van der Waals surface area contributed by atoms with Gasteiger partial charge in [0.2, 0.25) is 0 Å². The number of aliphatic carboxylic acids is 1. The fraction of sp³-hybridized carbons (Fsp3) is 0.579. The van der Waals surface area contributed by atoms with Crippen LogP contribution in [0.1, 0.15) is 62.3 Å². The lowest BCUT2D eigenvalue weighted by Crippen LogP contribution is -2.27. The number of hydrogen-bond donors (Lipinski definition) is 2. The first-order valence-corrected chi connectivity index (χ1v) is 10.2. The summed E-state index contributed by atoms with van der Waals surface area (Å²) in [5.41, 5.74) is 2.65. The molecule has 2 aromatic heterocycles. The van der Waals surface area contributed by atoms with Crippen LogP contribution in [-0.2, 0) is 10.3 Å². The Morgan fingerprint density at radius 2 is 2.00 bits per heavy atom. The highest BCUT2D eigenvalue weighted by Crippen LogP contribution is 2.28. The molecule has 0 saturated heterocycles. The van der Waals surface area contributed by atoms with Crippen molar-refractivity contribution in [3.63, 3.8) is 0 Å². The number of carbonyl (C=O) groups is 2. The van der Waals surface area contributed by atoms with E-state index in [1.165, 1.54) is 11.8 Å². The third kappa shape index (κ3) is 5.00. The zero-order valence-electron chi connectivity index (χ0n) is 16.8. The standard InChI is InChI=1S/C19H28N4O3S/c1-11(2)14-9-13(18(26)20-7-8-27-10-15(24)25)16-12(3)22-23(17(16)21-14)19(4,5)6/h9,11H,7-8,10H2,1-6H3,(H,20,26)(H,24,25). The average Bonchev–Trinajstić information content (AvgIpc) is 2.90. The molecular formula is C19H28N4O3S. The topological polar surface area (TPSA) is 97.1 Å². The summed E-state index contributed by atoms with van der Waals surface area (Å²) in [5, 5.41) is 17.0. The SMILES string of the molecule is Cc1nn(C(C)(C)C)c2nc(C(C)C)cc(C(=O)NCCSCC(=O)O)c12. The summed E-state index contributed by atoms with van der Waals surface area (Å²) in [6.07, 6.45) is 0. The average molecular weight is 393 g/mol. The molecule has 0 fully saturated rings. The first kappa shape index (κ1) is 21.2. The number of hydrogen-bond acceptors (Lipinski definition) is 5. The number of amides is 1. The second-order valence-electron chi connectivity index (χ2n) is 7.82. The van der Waals surface area contributed by atoms with Crippen LogP contribution < -0.4 is 5.32 Å². The van der Waals surface area contributed by atoms with Crippen LogP contribution in [0, 0.1) is 6.92 Å². The Balaban J connectivity index is 2.38. The normalized spacial score (nSPS) is 12.0. The molecular weight excluding hydrogens is 364 g/mol. The predicted molar refractivity (Wildman–Crippen MR) is 109 cm³/mol. The van der Waals surface area contributed by atoms with Crippen molar-refractivity contribution < 1.29 is 14.7 Å². The fourth-order valence-electron chi connectivity index (χ4n) is 2.74. The van der Waals surface area contributed by atoms with Gasteiger partial charge >= 0.3 is 5.97 Å². The number of pyridine rings is 1. The van der Waals surface area contributed by atoms with E-state index in [0.717, 1.165) is 22.4 Å². The van der Waals surface area contributed by atoms with Crippen molar-refractivity contribution in [3.05, 3.63) is 23.0 Å². The third-order valence-electron chi connectivity index (χ3n) is 4.06. The Kier molecular flexibility index (Phi) is 6.51. The van der Waals surface area contributed by atoms with E-state index in [2.05, 4.69) is 31.2 Å². The van der Waals surface area contributed by atoms with Crippen LogP contribution in [0.2, 0.25) is 0 Å². The molecule has 0 atom stereocenters. The highest BCUT2D eigenvalue weighted by atomic mass is 32.2. The molecule has 0 unspecified atom stereocenters. The Hall–Kier alpha value is -2.09. The first-order chi connectivity index (χ1) is 12.5. The van der Waals surface area contributed by atoms with Crippen molar-refractivity contribution in [2.75, 3.05) is 18.1 Å². The number of carboxylic acid groups (broad SMARTS) is 1. The number of fused-ring (bicyclic) bond motifs is 1. The van der Waals surface area contributed by atoms with Gasteiger partial charge in [0.05, 0.1) is 27.9 Å². The number of aryl methyl sites for hydroxylation is 1. The molecule has 7 nitrogen and oxygen atoms in total. The van der Waals surface area contributed by atoms with Crippen molar-refractivity contribution in [1.29, 1.82) is 0 Å². The molecule has 0 spiro atoms. The molecule has 0 aromatic carbocycles. The van der Waals surface area contributed by atoms with E-state index in [1.54, 1.807) is 0 Å². The summed E-state index contributed by atoms with van der Waals surface area (Å²) in [5.74, 6) is -0.283. The van der Waals surface area contributed by atoms with Crippen molar-refractivity contribution >= 4 is 34.7 Å². The monoisotopic (exact) mass is 392 g/mol. The van der Waals surface area contributed by atoms with Gasteiger partial charge in [0.25, 0.3) is 5.91 Å². The lowest BCUT2D eigenvalue weighted by atomic mass is 10.0. The molecule has 1 amide bonds. The van der Waals surface area contributed by atoms with Crippen LogP contribution >= 0.6 is 11.8 Å². The van der Waals surface area contributed by atoms with Gasteiger partial charge in [-0.15, -0.1) is 11.8 Å². The third-order valence-corrected chi connectivity index (χ3v) is 5.01. The number of thioether (sulfide) groups is 1. The maximum Gasteiger partial charge on any atom is 0.313 e. The zero-order chi connectivity index (χ0) is 20.4. The van der Waals surface area contributed by atoms with E-state index >= 15 is 0 Å². The number of nitrogens with zero attached hydrogens (tertiary/aromatic N) is 3. The van der Waals surface area contributed by atoms with E-state index in [0.29, 0.717) is 17.9 Å². The predicted octanol–water partition coefficient (Wildman–Crippen LogP) is 3.17. The maximum atomic E-state index is 12.8. The smallest absolute Gasteiger partial charge is 0.313 e. The van der Waals surface area contributed by atoms with Crippen LogP contribution in [0.25, 0.3) is 11.0 Å². The van der Waals surface area contributed by atoms with E-state index < -0.39 is 5.97 Å². The molecule has 8 heteroatoms. The summed E-state index contributed by atoms with van der Waals surface area (Å²) in [6, 6.07) is 1.84. The summed E-state index contributed by atoms with van der Waals surface area (Å²) >= 11 is 1.28. The van der Waals surface area contributed by atoms with Crippen LogP contribution in [-0.4, -0.2) is 49.8 Å². The van der Waals surface area contributed by atoms with Gasteiger partial charge in [-0.2, -0.15) is 5.10 Å². The quantitative estimate of drug-likeness (QED) is 0.703. The minimum Gasteiger partial charge on any atom is -0.481 e. The highest BCUT2D eigenvalue weighted by molar-refractivity contribution is 7.99. The second-order valence-corrected chi connectivity index (χ2v) is 8.92. The van der Waals surface area contributed by atoms with Crippen molar-refractivity contribution in [3.8, 4) is 0 Å². The van der Waals surface area contributed by atoms with Gasteiger partial charge in [-0.25, -0.2) is 9.67 Å². The van der Waals surface area contributed by atoms with Crippen molar-refractivity contribution in [2.24, 2.45) is 0 Å². The number of rotatable bonds is 7. The van der Waals surface area contributed by atoms with Gasteiger partial charge in [0.15, 0.2) is 5.65 Å². The summed E-state index contributed by atoms with van der Waals surface area (Å²) in [4.78, 5) is 28.2. The molecule has 2 rings (SSSR count). The molecule has 148 valence electrons. The first-order valence-electron chi connectivity index (χ1n) is 9.01. The van der Waals surface area contributed by atoms with Crippen molar-refractivity contribution in [2.45, 2.75) is 53.0 Å². The van der Waals surface area contributed by atoms with Gasteiger partial charge in [-0.3, -0.25) is 9.59 Å². The van der Waals surface area contributed by atoms with E-state index in [4.69, 9.17) is 10.1 Å². The number of nitrogens with one attached hydrogen (secondary N) is 1. The van der Waals surface area contributed by atoms with Gasteiger partial charge in [-0.05, 0) is 39.7 Å². The number of aromatic nitrogens is 3. The van der Waals surface area contributed by atoms with Crippen LogP contribution in [0.15, 0.2) is 6.07 Å². The van der Waals surface area contributed by atoms with E-state index in [1.807, 2.05) is 31.5 Å². The molecule has 2 N–H and O–H groups in total. The molecule has 27 heavy (non-hydrogen) atoms. The van der Waals surface area contributed by atoms with Gasteiger partial charge in [0, 0.05) is 18.0 Å². The molecule has 2 aromatic rings. The van der Waals surface area contributed by atoms with Gasteiger partial charge in [0.1, 0.15) is 0 Å². The molecule has 2 heterocycles. The molecule has 0 radical (unpaired) electrons. The number of carboxylic acids is 1. The summed E-state index contributed by atoms with van der Waals surface area (Å²) in [7, 11) is 0. The molecule has 0 bridgehead atoms. The van der Waals surface area contributed by atoms with Gasteiger partial charge < -0.3 is 10.4 Å². The van der Waals surface area contributed by atoms with Gasteiger partial charge in [-0.1, -0.05) is 13.8 Å². The highest BCUT2D eigenvalue weighted by Gasteiger charge is 2.25. The zero-order valence-corrected chi connectivity index (χ0v) is 17.6. The van der Waals surface area contributed by atoms with E-state index in [-0.39, 0.29) is 23.1 Å². The minimum atomic E-state index is -0.853. The Labute approximate surface area is 163 Å². The van der Waals surface area contributed by atoms with E-state index in [9.17, 15) is 9.59 Å². The lowest BCUT2D eigenvalue weighted by molar-refractivity contribution is -0.133. The lowest BCUT2D eigenvalue weighted by Gasteiger charge is -2.20. The largest absolute Gasteiger partial charge is 0.481 e. The molecule has 0 aliphatic heterocycles. The van der Waals surface area contributed by atoms with Crippen LogP contribution in [0.5, 0.6) is 0 Å². The molecule has 0 aliphatic rings. The number of carbonyl (C=O) groups excluding carboxylic acids is 1. The Morgan fingerprint density at radius 3 is 2.56 bits per heavy atom. The molecule has 0 aliphatic carbocycles. The van der Waals surface area contributed by atoms with Crippen molar-refractivity contribution in [1.82, 2.24) is 20.1 Å². The Morgan fingerprint density at radius 1 is 1.33 bits per heavy atom. The summed E-state index contributed by atoms with van der Waals surface area (Å²) in [6.45, 7) is 12.6. The molecule has 0 saturated carbocycles. The fourth-order valence-corrected chi connectivity index (χ4v) is 3.31. The van der Waals surface area contributed by atoms with Crippen LogP contribution in [0.4, 0.5) is 0 Å². The summed E-state index contributed by atoms with van der Waals surface area (Å²) < 4.78 is 1.88. The maximum absolute atomic E-state index is 12.8. The van der Waals surface area contributed by atoms with Crippen LogP contribution in [0.3, 0.4) is 0 Å². The minimum absolute atomic E-state index is 0.0321. The second kappa shape index (κ2) is 8.29. The Bertz CT molecular complexity index is 853.